The van der Waals surface area contributed by atoms with E-state index in [4.69, 9.17) is 0 Å². The number of allylic oxidation sites excluding steroid dienone is 1. The van der Waals surface area contributed by atoms with Crippen molar-refractivity contribution >= 4 is 39.4 Å². The Kier molecular flexibility index (Phi) is 2.02. The number of Topliss-reactive ketones (excluding diaryl/α,β-unsaturated/α-hetero) is 1. The van der Waals surface area contributed by atoms with Crippen LogP contribution < -0.4 is 0 Å². The van der Waals surface area contributed by atoms with E-state index in [1.165, 1.54) is 6.08 Å². The molecule has 3 aromatic rings. The van der Waals surface area contributed by atoms with Crippen LogP contribution in [0, 0.1) is 0 Å². The largest absolute Gasteiger partial charge is 0.333 e. The van der Waals surface area contributed by atoms with Crippen LogP contribution in [0.5, 0.6) is 0 Å². The van der Waals surface area contributed by atoms with Gasteiger partial charge < -0.3 is 4.57 Å². The summed E-state index contributed by atoms with van der Waals surface area (Å²) in [5.74, 6) is -0.927. The molecule has 0 saturated heterocycles. The van der Waals surface area contributed by atoms with Crippen molar-refractivity contribution < 1.29 is 9.59 Å². The highest BCUT2D eigenvalue weighted by atomic mass is 16.2. The van der Waals surface area contributed by atoms with E-state index in [0.717, 1.165) is 27.4 Å². The average Bonchev–Trinajstić information content (AvgIpc) is 2.85. The van der Waals surface area contributed by atoms with E-state index >= 15 is 0 Å². The van der Waals surface area contributed by atoms with Gasteiger partial charge in [0.25, 0.3) is 0 Å². The van der Waals surface area contributed by atoms with Crippen LogP contribution in [-0.2, 0) is 11.8 Å². The quantitative estimate of drug-likeness (QED) is 0.585. The molecule has 4 rings (SSSR count). The number of ketones is 2. The summed E-state index contributed by atoms with van der Waals surface area (Å²) in [4.78, 5) is 28.3. The van der Waals surface area contributed by atoms with Gasteiger partial charge in [0.1, 0.15) is 0 Å². The molecule has 1 aliphatic carbocycles. The van der Waals surface area contributed by atoms with Crippen LogP contribution >= 0.6 is 0 Å². The highest BCUT2D eigenvalue weighted by Gasteiger charge is 2.26. The standard InChI is InChI=1S/C16H10N2O2/c1-18-8-17-14-11-6-7-12(19)16(20)13(11)9-4-2-3-5-10(9)15(14)18/h2-8H,1H3. The molecule has 0 bridgehead atoms. The maximum Gasteiger partial charge on any atom is 0.234 e. The first-order chi connectivity index (χ1) is 9.68. The van der Waals surface area contributed by atoms with Crippen LogP contribution in [0.25, 0.3) is 27.9 Å². The Morgan fingerprint density at radius 3 is 2.60 bits per heavy atom. The molecule has 4 nitrogen and oxygen atoms in total. The maximum atomic E-state index is 12.2. The van der Waals surface area contributed by atoms with Gasteiger partial charge in [-0.3, -0.25) is 9.59 Å². The number of hydrogen-bond donors (Lipinski definition) is 0. The van der Waals surface area contributed by atoms with Gasteiger partial charge >= 0.3 is 0 Å². The van der Waals surface area contributed by atoms with Crippen molar-refractivity contribution in [1.29, 1.82) is 0 Å². The highest BCUT2D eigenvalue weighted by Crippen LogP contribution is 2.34. The van der Waals surface area contributed by atoms with Crippen LogP contribution in [0.2, 0.25) is 0 Å². The first-order valence-electron chi connectivity index (χ1n) is 6.31. The van der Waals surface area contributed by atoms with Crippen LogP contribution in [-0.4, -0.2) is 21.1 Å². The van der Waals surface area contributed by atoms with E-state index in [1.54, 1.807) is 12.4 Å². The van der Waals surface area contributed by atoms with Crippen LogP contribution in [0.1, 0.15) is 15.9 Å². The molecule has 2 aromatic carbocycles. The number of aromatic nitrogens is 2. The molecule has 1 heterocycles. The van der Waals surface area contributed by atoms with Crippen molar-refractivity contribution in [3.8, 4) is 0 Å². The van der Waals surface area contributed by atoms with Crippen molar-refractivity contribution in [1.82, 2.24) is 9.55 Å². The molecule has 20 heavy (non-hydrogen) atoms. The van der Waals surface area contributed by atoms with Gasteiger partial charge in [-0.05, 0) is 17.5 Å². The molecule has 0 unspecified atom stereocenters. The fraction of sp³-hybridized carbons (Fsp3) is 0.0625. The van der Waals surface area contributed by atoms with Crippen molar-refractivity contribution in [2.24, 2.45) is 7.05 Å². The van der Waals surface area contributed by atoms with Crippen molar-refractivity contribution in [3.63, 3.8) is 0 Å². The first kappa shape index (κ1) is 11.1. The molecule has 0 N–H and O–H groups in total. The van der Waals surface area contributed by atoms with Gasteiger partial charge in [0, 0.05) is 23.6 Å². The Labute approximate surface area is 114 Å². The number of imidazole rings is 1. The second kappa shape index (κ2) is 3.63. The summed E-state index contributed by atoms with van der Waals surface area (Å²) >= 11 is 0. The normalized spacial score (nSPS) is 14.2. The lowest BCUT2D eigenvalue weighted by molar-refractivity contribution is -0.110. The first-order valence-corrected chi connectivity index (χ1v) is 6.31. The lowest BCUT2D eigenvalue weighted by Gasteiger charge is -2.14. The monoisotopic (exact) mass is 262 g/mol. The van der Waals surface area contributed by atoms with E-state index in [9.17, 15) is 9.59 Å². The molecule has 0 atom stereocenters. The third kappa shape index (κ3) is 1.23. The zero-order valence-corrected chi connectivity index (χ0v) is 10.8. The molecule has 0 spiro atoms. The van der Waals surface area contributed by atoms with Gasteiger partial charge in [0.15, 0.2) is 0 Å². The van der Waals surface area contributed by atoms with Gasteiger partial charge in [-0.15, -0.1) is 0 Å². The average molecular weight is 262 g/mol. The van der Waals surface area contributed by atoms with Crippen LogP contribution in [0.3, 0.4) is 0 Å². The smallest absolute Gasteiger partial charge is 0.234 e. The number of rotatable bonds is 0. The molecule has 0 aliphatic heterocycles. The SMILES string of the molecule is Cn1cnc2c3c(c4ccccc4c21)C(=O)C(=O)C=C3. The summed E-state index contributed by atoms with van der Waals surface area (Å²) in [6.07, 6.45) is 4.75. The fourth-order valence-electron chi connectivity index (χ4n) is 2.88. The Hall–Kier alpha value is -2.75. The molecule has 0 saturated carbocycles. The van der Waals surface area contributed by atoms with Crippen LogP contribution in [0.15, 0.2) is 36.7 Å². The van der Waals surface area contributed by atoms with E-state index in [1.807, 2.05) is 35.9 Å². The lowest BCUT2D eigenvalue weighted by atomic mass is 9.89. The minimum atomic E-state index is -0.474. The number of hydrogen-bond acceptors (Lipinski definition) is 3. The van der Waals surface area contributed by atoms with Crippen molar-refractivity contribution in [3.05, 3.63) is 47.8 Å². The number of aryl methyl sites for hydroxylation is 1. The molecule has 0 amide bonds. The highest BCUT2D eigenvalue weighted by molar-refractivity contribution is 6.52. The maximum absolute atomic E-state index is 12.2. The summed E-state index contributed by atoms with van der Waals surface area (Å²) in [5.41, 5.74) is 2.95. The Morgan fingerprint density at radius 1 is 1.05 bits per heavy atom. The summed E-state index contributed by atoms with van der Waals surface area (Å²) in [5, 5.41) is 1.75. The number of nitrogens with zero attached hydrogens (tertiary/aromatic N) is 2. The second-order valence-corrected chi connectivity index (χ2v) is 4.91. The molecule has 0 fully saturated rings. The Bertz CT molecular complexity index is 948. The third-order valence-corrected chi connectivity index (χ3v) is 3.77. The molecule has 1 aromatic heterocycles. The van der Waals surface area contributed by atoms with Gasteiger partial charge in [-0.2, -0.15) is 0 Å². The summed E-state index contributed by atoms with van der Waals surface area (Å²) in [6.45, 7) is 0. The Morgan fingerprint density at radius 2 is 1.80 bits per heavy atom. The van der Waals surface area contributed by atoms with E-state index < -0.39 is 11.6 Å². The molecule has 96 valence electrons. The zero-order chi connectivity index (χ0) is 13.9. The van der Waals surface area contributed by atoms with Crippen LogP contribution in [0.4, 0.5) is 0 Å². The van der Waals surface area contributed by atoms with E-state index in [2.05, 4.69) is 4.98 Å². The minimum absolute atomic E-state index is 0.453. The summed E-state index contributed by atoms with van der Waals surface area (Å²) in [7, 11) is 1.92. The fourth-order valence-corrected chi connectivity index (χ4v) is 2.88. The number of carbonyl (C=O) groups excluding carboxylic acids is 2. The van der Waals surface area contributed by atoms with Crippen molar-refractivity contribution in [2.75, 3.05) is 0 Å². The summed E-state index contributed by atoms with van der Waals surface area (Å²) in [6, 6.07) is 7.63. The van der Waals surface area contributed by atoms with E-state index in [-0.39, 0.29) is 0 Å². The zero-order valence-electron chi connectivity index (χ0n) is 10.8. The molecule has 4 heteroatoms. The molecule has 1 aliphatic rings. The minimum Gasteiger partial charge on any atom is -0.333 e. The lowest BCUT2D eigenvalue weighted by Crippen LogP contribution is -2.17. The second-order valence-electron chi connectivity index (χ2n) is 4.91. The topological polar surface area (TPSA) is 52.0 Å². The van der Waals surface area contributed by atoms with Gasteiger partial charge in [0.2, 0.25) is 11.6 Å². The Balaban J connectivity index is 2.36. The molecular formula is C16H10N2O2. The number of benzene rings is 2. The molecule has 0 radical (unpaired) electrons. The van der Waals surface area contributed by atoms with Crippen molar-refractivity contribution in [2.45, 2.75) is 0 Å². The predicted molar refractivity (Wildman–Crippen MR) is 76.6 cm³/mol. The molecular weight excluding hydrogens is 252 g/mol. The van der Waals surface area contributed by atoms with E-state index in [0.29, 0.717) is 5.56 Å². The van der Waals surface area contributed by atoms with Gasteiger partial charge in [-0.1, -0.05) is 24.3 Å². The number of fused-ring (bicyclic) bond motifs is 6. The number of carbonyl (C=O) groups is 2. The predicted octanol–water partition coefficient (Wildman–Crippen LogP) is 2.51. The summed E-state index contributed by atoms with van der Waals surface area (Å²) < 4.78 is 1.94. The van der Waals surface area contributed by atoms with Gasteiger partial charge in [0.05, 0.1) is 17.4 Å². The van der Waals surface area contributed by atoms with Gasteiger partial charge in [-0.25, -0.2) is 4.98 Å². The third-order valence-electron chi connectivity index (χ3n) is 3.77.